The number of ether oxygens (including phenoxy) is 1. The Morgan fingerprint density at radius 2 is 2.15 bits per heavy atom. The fourth-order valence-corrected chi connectivity index (χ4v) is 1.78. The summed E-state index contributed by atoms with van der Waals surface area (Å²) >= 11 is 0. The quantitative estimate of drug-likeness (QED) is 0.807. The largest absolute Gasteiger partial charge is 0.459 e. The molecule has 0 spiro atoms. The van der Waals surface area contributed by atoms with Crippen LogP contribution in [-0.2, 0) is 16.1 Å². The van der Waals surface area contributed by atoms with Gasteiger partial charge in [-0.25, -0.2) is 8.78 Å². The second-order valence-electron chi connectivity index (χ2n) is 4.69. The SMILES string of the molecule is O=C(OCc1cc(-c2ccc(F)cc2F)on1)C1CC1. The first-order valence-electron chi connectivity index (χ1n) is 6.21. The summed E-state index contributed by atoms with van der Waals surface area (Å²) in [5, 5.41) is 3.70. The molecule has 1 fully saturated rings. The van der Waals surface area contributed by atoms with Crippen molar-refractivity contribution in [3.05, 3.63) is 41.6 Å². The molecule has 6 heteroatoms. The Bertz CT molecular complexity index is 650. The minimum atomic E-state index is -0.734. The second-order valence-corrected chi connectivity index (χ2v) is 4.69. The first-order chi connectivity index (χ1) is 9.63. The molecule has 0 atom stereocenters. The normalized spacial score (nSPS) is 14.3. The van der Waals surface area contributed by atoms with Gasteiger partial charge in [0.05, 0.1) is 11.5 Å². The molecule has 1 saturated carbocycles. The van der Waals surface area contributed by atoms with Gasteiger partial charge in [0.25, 0.3) is 0 Å². The third-order valence-corrected chi connectivity index (χ3v) is 3.03. The highest BCUT2D eigenvalue weighted by atomic mass is 19.1. The fourth-order valence-electron chi connectivity index (χ4n) is 1.78. The third-order valence-electron chi connectivity index (χ3n) is 3.03. The highest BCUT2D eigenvalue weighted by Crippen LogP contribution is 2.30. The van der Waals surface area contributed by atoms with Gasteiger partial charge in [0.15, 0.2) is 5.76 Å². The average Bonchev–Trinajstić information content (AvgIpc) is 3.16. The Morgan fingerprint density at radius 1 is 1.35 bits per heavy atom. The molecule has 0 bridgehead atoms. The van der Waals surface area contributed by atoms with E-state index >= 15 is 0 Å². The third kappa shape index (κ3) is 2.68. The number of carbonyl (C=O) groups excluding carboxylic acids is 1. The topological polar surface area (TPSA) is 52.3 Å². The number of nitrogens with zero attached hydrogens (tertiary/aromatic N) is 1. The van der Waals surface area contributed by atoms with Crippen molar-refractivity contribution in [2.24, 2.45) is 5.92 Å². The minimum absolute atomic E-state index is 0.0101. The van der Waals surface area contributed by atoms with E-state index in [4.69, 9.17) is 9.26 Å². The number of esters is 1. The van der Waals surface area contributed by atoms with Gasteiger partial charge in [0.2, 0.25) is 0 Å². The van der Waals surface area contributed by atoms with Crippen LogP contribution in [-0.4, -0.2) is 11.1 Å². The van der Waals surface area contributed by atoms with Crippen LogP contribution in [0.15, 0.2) is 28.8 Å². The molecule has 1 aliphatic carbocycles. The minimum Gasteiger partial charge on any atom is -0.459 e. The second kappa shape index (κ2) is 5.03. The van der Waals surface area contributed by atoms with Crippen molar-refractivity contribution in [2.45, 2.75) is 19.4 Å². The van der Waals surface area contributed by atoms with Crippen molar-refractivity contribution < 1.29 is 22.8 Å². The van der Waals surface area contributed by atoms with E-state index in [9.17, 15) is 13.6 Å². The van der Waals surface area contributed by atoms with E-state index in [2.05, 4.69) is 5.16 Å². The predicted octanol–water partition coefficient (Wildman–Crippen LogP) is 3.07. The monoisotopic (exact) mass is 279 g/mol. The lowest BCUT2D eigenvalue weighted by Gasteiger charge is -1.99. The van der Waals surface area contributed by atoms with Crippen molar-refractivity contribution >= 4 is 5.97 Å². The Morgan fingerprint density at radius 3 is 2.85 bits per heavy atom. The molecule has 20 heavy (non-hydrogen) atoms. The first kappa shape index (κ1) is 12.8. The molecule has 3 rings (SSSR count). The first-order valence-corrected chi connectivity index (χ1v) is 6.21. The number of benzene rings is 1. The zero-order valence-corrected chi connectivity index (χ0v) is 10.4. The maximum atomic E-state index is 13.6. The zero-order chi connectivity index (χ0) is 14.1. The van der Waals surface area contributed by atoms with Crippen LogP contribution < -0.4 is 0 Å². The number of halogens is 2. The van der Waals surface area contributed by atoms with Gasteiger partial charge in [0, 0.05) is 12.1 Å². The standard InChI is InChI=1S/C14H11F2NO3/c15-9-3-4-11(12(16)5-9)13-6-10(17-20-13)7-19-14(18)8-1-2-8/h3-6,8H,1-2,7H2. The number of rotatable bonds is 4. The summed E-state index contributed by atoms with van der Waals surface area (Å²) in [5.74, 6) is -1.47. The molecule has 104 valence electrons. The summed E-state index contributed by atoms with van der Waals surface area (Å²) < 4.78 is 36.4. The molecule has 0 amide bonds. The molecular weight excluding hydrogens is 268 g/mol. The molecule has 0 saturated heterocycles. The molecule has 1 aromatic carbocycles. The molecule has 4 nitrogen and oxygen atoms in total. The number of hydrogen-bond donors (Lipinski definition) is 0. The van der Waals surface area contributed by atoms with Gasteiger partial charge in [-0.2, -0.15) is 0 Å². The van der Waals surface area contributed by atoms with Crippen LogP contribution in [0.25, 0.3) is 11.3 Å². The van der Waals surface area contributed by atoms with Crippen LogP contribution >= 0.6 is 0 Å². The molecule has 1 aromatic heterocycles. The van der Waals surface area contributed by atoms with Crippen molar-refractivity contribution in [1.29, 1.82) is 0 Å². The van der Waals surface area contributed by atoms with Crippen molar-refractivity contribution in [1.82, 2.24) is 5.16 Å². The highest BCUT2D eigenvalue weighted by Gasteiger charge is 2.31. The van der Waals surface area contributed by atoms with E-state index in [-0.39, 0.29) is 29.8 Å². The van der Waals surface area contributed by atoms with Crippen LogP contribution in [0.2, 0.25) is 0 Å². The average molecular weight is 279 g/mol. The summed E-state index contributed by atoms with van der Waals surface area (Å²) in [4.78, 5) is 11.4. The van der Waals surface area contributed by atoms with E-state index in [0.717, 1.165) is 25.0 Å². The zero-order valence-electron chi connectivity index (χ0n) is 10.4. The van der Waals surface area contributed by atoms with Crippen molar-refractivity contribution in [3.8, 4) is 11.3 Å². The van der Waals surface area contributed by atoms with Crippen LogP contribution in [0.1, 0.15) is 18.5 Å². The van der Waals surface area contributed by atoms with E-state index in [0.29, 0.717) is 5.69 Å². The fraction of sp³-hybridized carbons (Fsp3) is 0.286. The Hall–Kier alpha value is -2.24. The molecule has 0 N–H and O–H groups in total. The van der Waals surface area contributed by atoms with Crippen LogP contribution in [0.4, 0.5) is 8.78 Å². The van der Waals surface area contributed by atoms with Crippen LogP contribution in [0, 0.1) is 17.6 Å². The Kier molecular flexibility index (Phi) is 3.22. The Balaban J connectivity index is 1.70. The summed E-state index contributed by atoms with van der Waals surface area (Å²) in [6.07, 6.45) is 1.73. The number of aromatic nitrogens is 1. The van der Waals surface area contributed by atoms with Gasteiger partial charge in [-0.3, -0.25) is 4.79 Å². The van der Waals surface area contributed by atoms with Gasteiger partial charge in [-0.1, -0.05) is 5.16 Å². The molecule has 0 radical (unpaired) electrons. The van der Waals surface area contributed by atoms with Gasteiger partial charge in [-0.05, 0) is 25.0 Å². The van der Waals surface area contributed by atoms with Gasteiger partial charge in [0.1, 0.15) is 23.9 Å². The maximum absolute atomic E-state index is 13.6. The molecule has 0 aliphatic heterocycles. The van der Waals surface area contributed by atoms with Crippen molar-refractivity contribution in [3.63, 3.8) is 0 Å². The molecule has 1 aliphatic rings. The van der Waals surface area contributed by atoms with E-state index < -0.39 is 11.6 Å². The molecule has 1 heterocycles. The maximum Gasteiger partial charge on any atom is 0.309 e. The van der Waals surface area contributed by atoms with Crippen LogP contribution in [0.3, 0.4) is 0 Å². The summed E-state index contributed by atoms with van der Waals surface area (Å²) in [6, 6.07) is 4.64. The van der Waals surface area contributed by atoms with Gasteiger partial charge in [-0.15, -0.1) is 0 Å². The molecule has 0 unspecified atom stereocenters. The van der Waals surface area contributed by atoms with Gasteiger partial charge >= 0.3 is 5.97 Å². The van der Waals surface area contributed by atoms with E-state index in [1.807, 2.05) is 0 Å². The number of carbonyl (C=O) groups is 1. The summed E-state index contributed by atoms with van der Waals surface area (Å²) in [7, 11) is 0. The van der Waals surface area contributed by atoms with Crippen molar-refractivity contribution in [2.75, 3.05) is 0 Å². The van der Waals surface area contributed by atoms with Gasteiger partial charge < -0.3 is 9.26 Å². The summed E-state index contributed by atoms with van der Waals surface area (Å²) in [5.41, 5.74) is 0.497. The highest BCUT2D eigenvalue weighted by molar-refractivity contribution is 5.74. The van der Waals surface area contributed by atoms with Crippen LogP contribution in [0.5, 0.6) is 0 Å². The number of hydrogen-bond acceptors (Lipinski definition) is 4. The predicted molar refractivity (Wildman–Crippen MR) is 64.4 cm³/mol. The molecular formula is C14H11F2NO3. The lowest BCUT2D eigenvalue weighted by atomic mass is 10.1. The molecule has 2 aromatic rings. The van der Waals surface area contributed by atoms with E-state index in [1.165, 1.54) is 12.1 Å². The lowest BCUT2D eigenvalue weighted by Crippen LogP contribution is -2.06. The Labute approximate surface area is 113 Å². The lowest BCUT2D eigenvalue weighted by molar-refractivity contribution is -0.146. The smallest absolute Gasteiger partial charge is 0.309 e. The van der Waals surface area contributed by atoms with E-state index in [1.54, 1.807) is 0 Å². The summed E-state index contributed by atoms with van der Waals surface area (Å²) in [6.45, 7) is -0.0123.